The maximum absolute atomic E-state index is 13.3. The van der Waals surface area contributed by atoms with E-state index in [-0.39, 0.29) is 12.4 Å². The molecule has 0 aliphatic carbocycles. The SMILES string of the molecule is CCN(Cc1ccc(F)cc1C#CCCO)C(C)C. The second kappa shape index (κ2) is 7.93. The molecule has 0 amide bonds. The molecular weight excluding hydrogens is 241 g/mol. The monoisotopic (exact) mass is 263 g/mol. The molecule has 0 heterocycles. The van der Waals surface area contributed by atoms with Crippen LogP contribution in [-0.2, 0) is 6.54 Å². The van der Waals surface area contributed by atoms with Gasteiger partial charge in [0, 0.05) is 24.6 Å². The van der Waals surface area contributed by atoms with Crippen molar-refractivity contribution in [2.45, 2.75) is 39.8 Å². The van der Waals surface area contributed by atoms with Gasteiger partial charge in [-0.1, -0.05) is 24.8 Å². The quantitative estimate of drug-likeness (QED) is 0.826. The standard InChI is InChI=1S/C16H22FNO/c1-4-18(13(2)3)12-15-8-9-16(17)11-14(15)7-5-6-10-19/h8-9,11,13,19H,4,6,10,12H2,1-3H3. The van der Waals surface area contributed by atoms with E-state index >= 15 is 0 Å². The van der Waals surface area contributed by atoms with Gasteiger partial charge in [-0.2, -0.15) is 0 Å². The average molecular weight is 263 g/mol. The minimum atomic E-state index is -0.273. The van der Waals surface area contributed by atoms with E-state index < -0.39 is 0 Å². The van der Waals surface area contributed by atoms with Gasteiger partial charge < -0.3 is 5.11 Å². The lowest BCUT2D eigenvalue weighted by atomic mass is 10.1. The number of aliphatic hydroxyl groups is 1. The van der Waals surface area contributed by atoms with Gasteiger partial charge in [0.15, 0.2) is 0 Å². The smallest absolute Gasteiger partial charge is 0.124 e. The predicted octanol–water partition coefficient (Wildman–Crippen LogP) is 2.79. The van der Waals surface area contributed by atoms with E-state index in [1.165, 1.54) is 12.1 Å². The zero-order valence-electron chi connectivity index (χ0n) is 11.9. The molecule has 1 aromatic rings. The van der Waals surface area contributed by atoms with Crippen molar-refractivity contribution in [1.82, 2.24) is 4.90 Å². The second-order valence-corrected chi connectivity index (χ2v) is 4.73. The van der Waals surface area contributed by atoms with Crippen LogP contribution in [0.5, 0.6) is 0 Å². The molecule has 0 bridgehead atoms. The topological polar surface area (TPSA) is 23.5 Å². The number of aliphatic hydroxyl groups excluding tert-OH is 1. The molecule has 0 radical (unpaired) electrons. The van der Waals surface area contributed by atoms with Crippen LogP contribution in [0, 0.1) is 17.7 Å². The average Bonchev–Trinajstić information content (AvgIpc) is 2.37. The first-order valence-electron chi connectivity index (χ1n) is 6.70. The lowest BCUT2D eigenvalue weighted by Crippen LogP contribution is -2.30. The normalized spacial score (nSPS) is 10.7. The molecule has 0 unspecified atom stereocenters. The molecule has 104 valence electrons. The zero-order chi connectivity index (χ0) is 14.3. The van der Waals surface area contributed by atoms with Gasteiger partial charge in [0.1, 0.15) is 5.82 Å². The highest BCUT2D eigenvalue weighted by atomic mass is 19.1. The van der Waals surface area contributed by atoms with E-state index in [9.17, 15) is 4.39 Å². The van der Waals surface area contributed by atoms with E-state index in [0.29, 0.717) is 18.0 Å². The first-order valence-corrected chi connectivity index (χ1v) is 6.70. The van der Waals surface area contributed by atoms with Crippen LogP contribution in [0.3, 0.4) is 0 Å². The number of halogens is 1. The van der Waals surface area contributed by atoms with Crippen LogP contribution in [-0.4, -0.2) is 29.2 Å². The molecular formula is C16H22FNO. The van der Waals surface area contributed by atoms with Gasteiger partial charge in [0.05, 0.1) is 6.61 Å². The number of benzene rings is 1. The van der Waals surface area contributed by atoms with Crippen LogP contribution in [0.4, 0.5) is 4.39 Å². The molecule has 1 N–H and O–H groups in total. The van der Waals surface area contributed by atoms with E-state index in [1.807, 2.05) is 0 Å². The third-order valence-corrected chi connectivity index (χ3v) is 3.04. The highest BCUT2D eigenvalue weighted by Crippen LogP contribution is 2.14. The highest BCUT2D eigenvalue weighted by molar-refractivity contribution is 5.41. The van der Waals surface area contributed by atoms with Crippen molar-refractivity contribution in [3.8, 4) is 11.8 Å². The molecule has 2 nitrogen and oxygen atoms in total. The van der Waals surface area contributed by atoms with Crippen LogP contribution in [0.25, 0.3) is 0 Å². The van der Waals surface area contributed by atoms with Crippen molar-refractivity contribution in [2.75, 3.05) is 13.2 Å². The molecule has 1 rings (SSSR count). The van der Waals surface area contributed by atoms with Gasteiger partial charge >= 0.3 is 0 Å². The van der Waals surface area contributed by atoms with Crippen LogP contribution in [0.2, 0.25) is 0 Å². The Morgan fingerprint density at radius 2 is 2.11 bits per heavy atom. The number of nitrogens with zero attached hydrogens (tertiary/aromatic N) is 1. The maximum atomic E-state index is 13.3. The minimum absolute atomic E-state index is 0.0325. The summed E-state index contributed by atoms with van der Waals surface area (Å²) in [6, 6.07) is 5.17. The molecule has 0 spiro atoms. The van der Waals surface area contributed by atoms with Gasteiger partial charge in [0.2, 0.25) is 0 Å². The van der Waals surface area contributed by atoms with E-state index in [1.54, 1.807) is 6.07 Å². The third-order valence-electron chi connectivity index (χ3n) is 3.04. The minimum Gasteiger partial charge on any atom is -0.395 e. The fraction of sp³-hybridized carbons (Fsp3) is 0.500. The molecule has 0 aliphatic heterocycles. The summed E-state index contributed by atoms with van der Waals surface area (Å²) in [5.74, 6) is 5.53. The van der Waals surface area contributed by atoms with Crippen LogP contribution in [0.15, 0.2) is 18.2 Å². The van der Waals surface area contributed by atoms with Gasteiger partial charge in [-0.05, 0) is 38.1 Å². The molecule has 0 fully saturated rings. The number of rotatable bonds is 5. The summed E-state index contributed by atoms with van der Waals surface area (Å²) in [7, 11) is 0. The summed E-state index contributed by atoms with van der Waals surface area (Å²) in [5, 5.41) is 8.74. The Morgan fingerprint density at radius 3 is 2.68 bits per heavy atom. The Kier molecular flexibility index (Phi) is 6.55. The van der Waals surface area contributed by atoms with Crippen molar-refractivity contribution in [1.29, 1.82) is 0 Å². The van der Waals surface area contributed by atoms with Gasteiger partial charge in [-0.15, -0.1) is 0 Å². The second-order valence-electron chi connectivity index (χ2n) is 4.73. The highest BCUT2D eigenvalue weighted by Gasteiger charge is 2.10. The first-order chi connectivity index (χ1) is 9.08. The molecule has 3 heteroatoms. The van der Waals surface area contributed by atoms with Crippen molar-refractivity contribution in [3.63, 3.8) is 0 Å². The van der Waals surface area contributed by atoms with Gasteiger partial charge in [-0.3, -0.25) is 4.90 Å². The Bertz CT molecular complexity index is 460. The predicted molar refractivity (Wildman–Crippen MR) is 76.2 cm³/mol. The van der Waals surface area contributed by atoms with E-state index in [2.05, 4.69) is 37.5 Å². The summed E-state index contributed by atoms with van der Waals surface area (Å²) >= 11 is 0. The lowest BCUT2D eigenvalue weighted by Gasteiger charge is -2.25. The maximum Gasteiger partial charge on any atom is 0.124 e. The van der Waals surface area contributed by atoms with E-state index in [4.69, 9.17) is 5.11 Å². The molecule has 0 saturated carbocycles. The summed E-state index contributed by atoms with van der Waals surface area (Å²) in [6.45, 7) is 8.13. The molecule has 1 aromatic carbocycles. The summed E-state index contributed by atoms with van der Waals surface area (Å²) in [5.41, 5.74) is 1.75. The Hall–Kier alpha value is -1.37. The van der Waals surface area contributed by atoms with Crippen molar-refractivity contribution in [2.24, 2.45) is 0 Å². The summed E-state index contributed by atoms with van der Waals surface area (Å²) in [4.78, 5) is 2.30. The summed E-state index contributed by atoms with van der Waals surface area (Å²) < 4.78 is 13.3. The largest absolute Gasteiger partial charge is 0.395 e. The van der Waals surface area contributed by atoms with Crippen molar-refractivity contribution in [3.05, 3.63) is 35.1 Å². The third kappa shape index (κ3) is 5.02. The Labute approximate surface area is 115 Å². The molecule has 19 heavy (non-hydrogen) atoms. The lowest BCUT2D eigenvalue weighted by molar-refractivity contribution is 0.224. The van der Waals surface area contributed by atoms with Crippen LogP contribution in [0.1, 0.15) is 38.3 Å². The Balaban J connectivity index is 2.97. The number of hydrogen-bond donors (Lipinski definition) is 1. The summed E-state index contributed by atoms with van der Waals surface area (Å²) in [6.07, 6.45) is 0.414. The van der Waals surface area contributed by atoms with Crippen molar-refractivity contribution >= 4 is 0 Å². The zero-order valence-corrected chi connectivity index (χ0v) is 11.9. The van der Waals surface area contributed by atoms with Gasteiger partial charge in [-0.25, -0.2) is 4.39 Å². The molecule has 0 saturated heterocycles. The van der Waals surface area contributed by atoms with Crippen molar-refractivity contribution < 1.29 is 9.50 Å². The van der Waals surface area contributed by atoms with Gasteiger partial charge in [0.25, 0.3) is 0 Å². The molecule has 0 atom stereocenters. The number of hydrogen-bond acceptors (Lipinski definition) is 2. The molecule has 0 aromatic heterocycles. The van der Waals surface area contributed by atoms with Crippen LogP contribution >= 0.6 is 0 Å². The molecule has 0 aliphatic rings. The fourth-order valence-electron chi connectivity index (χ4n) is 1.89. The Morgan fingerprint density at radius 1 is 1.37 bits per heavy atom. The first kappa shape index (κ1) is 15.7. The van der Waals surface area contributed by atoms with E-state index in [0.717, 1.165) is 18.7 Å². The van der Waals surface area contributed by atoms with Crippen LogP contribution < -0.4 is 0 Å². The fourth-order valence-corrected chi connectivity index (χ4v) is 1.89.